The van der Waals surface area contributed by atoms with Crippen LogP contribution in [0, 0.1) is 5.82 Å². The number of ether oxygens (including phenoxy) is 1. The van der Waals surface area contributed by atoms with Crippen LogP contribution in [0.15, 0.2) is 77.8 Å². The zero-order valence-electron chi connectivity index (χ0n) is 16.2. The number of benzene rings is 3. The van der Waals surface area contributed by atoms with E-state index in [-0.39, 0.29) is 18.0 Å². The average Bonchev–Trinajstić information content (AvgIpc) is 3.16. The summed E-state index contributed by atoms with van der Waals surface area (Å²) in [4.78, 5) is 1.20. The molecule has 148 valence electrons. The third-order valence-corrected chi connectivity index (χ3v) is 5.54. The molecule has 1 aromatic heterocycles. The lowest BCUT2D eigenvalue weighted by Gasteiger charge is -2.23. The van der Waals surface area contributed by atoms with E-state index < -0.39 is 0 Å². The fraction of sp³-hybridized carbons (Fsp3) is 0.174. The SMILES string of the molecule is CSc1ccc([C@@H](Oc2ccc3c(cnn3-c3ccc(F)cc3)c2)[C@H](C)N)cc1. The first-order valence-electron chi connectivity index (χ1n) is 9.35. The van der Waals surface area contributed by atoms with Gasteiger partial charge < -0.3 is 10.5 Å². The molecule has 29 heavy (non-hydrogen) atoms. The number of hydrogen-bond donors (Lipinski definition) is 1. The molecule has 2 N–H and O–H groups in total. The first-order chi connectivity index (χ1) is 14.0. The van der Waals surface area contributed by atoms with Gasteiger partial charge >= 0.3 is 0 Å². The lowest BCUT2D eigenvalue weighted by Crippen LogP contribution is -2.29. The van der Waals surface area contributed by atoms with E-state index in [9.17, 15) is 4.39 Å². The Morgan fingerprint density at radius 1 is 1.03 bits per heavy atom. The normalized spacial score (nSPS) is 13.4. The Bertz CT molecular complexity index is 1110. The van der Waals surface area contributed by atoms with Gasteiger partial charge in [-0.1, -0.05) is 12.1 Å². The van der Waals surface area contributed by atoms with Crippen molar-refractivity contribution in [3.05, 3.63) is 84.3 Å². The van der Waals surface area contributed by atoms with Crippen LogP contribution in [-0.2, 0) is 0 Å². The van der Waals surface area contributed by atoms with Gasteiger partial charge in [-0.3, -0.25) is 0 Å². The van der Waals surface area contributed by atoms with E-state index in [4.69, 9.17) is 10.5 Å². The fourth-order valence-electron chi connectivity index (χ4n) is 3.29. The standard InChI is InChI=1S/C23H22FN3OS/c1-15(25)23(16-3-10-21(29-2)11-4-16)28-20-9-12-22-17(13-20)14-26-27(22)19-7-5-18(24)6-8-19/h3-15,23H,25H2,1-2H3/t15-,23-/m0/s1. The molecule has 0 radical (unpaired) electrons. The molecule has 0 saturated heterocycles. The maximum absolute atomic E-state index is 13.2. The predicted octanol–water partition coefficient (Wildman–Crippen LogP) is 5.35. The topological polar surface area (TPSA) is 53.1 Å². The van der Waals surface area contributed by atoms with Crippen LogP contribution < -0.4 is 10.5 Å². The molecule has 4 nitrogen and oxygen atoms in total. The van der Waals surface area contributed by atoms with Crippen molar-refractivity contribution < 1.29 is 9.13 Å². The van der Waals surface area contributed by atoms with E-state index in [2.05, 4.69) is 35.6 Å². The van der Waals surface area contributed by atoms with Crippen LogP contribution in [0.3, 0.4) is 0 Å². The Labute approximate surface area is 173 Å². The average molecular weight is 408 g/mol. The summed E-state index contributed by atoms with van der Waals surface area (Å²) in [7, 11) is 0. The summed E-state index contributed by atoms with van der Waals surface area (Å²) in [6.45, 7) is 1.94. The molecule has 0 fully saturated rings. The Balaban J connectivity index is 1.62. The lowest BCUT2D eigenvalue weighted by molar-refractivity contribution is 0.180. The Morgan fingerprint density at radius 2 is 1.76 bits per heavy atom. The number of fused-ring (bicyclic) bond motifs is 1. The van der Waals surface area contributed by atoms with Crippen molar-refractivity contribution >= 4 is 22.7 Å². The van der Waals surface area contributed by atoms with Gasteiger partial charge in [-0.15, -0.1) is 11.8 Å². The molecule has 6 heteroatoms. The molecule has 0 unspecified atom stereocenters. The molecule has 2 atom stereocenters. The number of hydrogen-bond acceptors (Lipinski definition) is 4. The van der Waals surface area contributed by atoms with Gasteiger partial charge in [0.15, 0.2) is 0 Å². The fourth-order valence-corrected chi connectivity index (χ4v) is 3.70. The molecule has 0 saturated carbocycles. The van der Waals surface area contributed by atoms with Gasteiger partial charge in [0.25, 0.3) is 0 Å². The largest absolute Gasteiger partial charge is 0.484 e. The van der Waals surface area contributed by atoms with Crippen molar-refractivity contribution in [3.8, 4) is 11.4 Å². The van der Waals surface area contributed by atoms with Crippen molar-refractivity contribution in [1.82, 2.24) is 9.78 Å². The zero-order valence-corrected chi connectivity index (χ0v) is 17.1. The van der Waals surface area contributed by atoms with E-state index in [1.807, 2.05) is 25.1 Å². The summed E-state index contributed by atoms with van der Waals surface area (Å²) in [6, 6.07) is 20.2. The number of nitrogens with two attached hydrogens (primary N) is 1. The molecule has 3 aromatic carbocycles. The van der Waals surface area contributed by atoms with E-state index in [0.717, 1.165) is 27.9 Å². The number of rotatable bonds is 6. The van der Waals surface area contributed by atoms with Crippen molar-refractivity contribution in [1.29, 1.82) is 0 Å². The minimum absolute atomic E-state index is 0.173. The van der Waals surface area contributed by atoms with E-state index in [0.29, 0.717) is 0 Å². The highest BCUT2D eigenvalue weighted by atomic mass is 32.2. The first-order valence-corrected chi connectivity index (χ1v) is 10.6. The van der Waals surface area contributed by atoms with Crippen molar-refractivity contribution in [2.45, 2.75) is 24.0 Å². The van der Waals surface area contributed by atoms with Crippen LogP contribution >= 0.6 is 11.8 Å². The summed E-state index contributed by atoms with van der Waals surface area (Å²) in [6.07, 6.45) is 3.57. The van der Waals surface area contributed by atoms with Crippen molar-refractivity contribution in [2.75, 3.05) is 6.26 Å². The molecule has 0 spiro atoms. The van der Waals surface area contributed by atoms with Gasteiger partial charge in [-0.2, -0.15) is 5.10 Å². The monoisotopic (exact) mass is 407 g/mol. The molecule has 4 aromatic rings. The molecule has 0 bridgehead atoms. The van der Waals surface area contributed by atoms with Crippen LogP contribution in [0.4, 0.5) is 4.39 Å². The highest BCUT2D eigenvalue weighted by molar-refractivity contribution is 7.98. The molecule has 4 rings (SSSR count). The summed E-state index contributed by atoms with van der Waals surface area (Å²) >= 11 is 1.70. The van der Waals surface area contributed by atoms with E-state index in [1.54, 1.807) is 34.8 Å². The lowest BCUT2D eigenvalue weighted by atomic mass is 10.0. The molecular weight excluding hydrogens is 385 g/mol. The quantitative estimate of drug-likeness (QED) is 0.438. The van der Waals surface area contributed by atoms with Gasteiger partial charge in [0, 0.05) is 16.3 Å². The second kappa shape index (κ2) is 8.27. The Hall–Kier alpha value is -2.83. The van der Waals surface area contributed by atoms with Gasteiger partial charge in [-0.05, 0) is 73.3 Å². The van der Waals surface area contributed by atoms with Crippen LogP contribution in [0.1, 0.15) is 18.6 Å². The van der Waals surface area contributed by atoms with Gasteiger partial charge in [0.1, 0.15) is 17.7 Å². The number of thioether (sulfide) groups is 1. The van der Waals surface area contributed by atoms with E-state index in [1.165, 1.54) is 17.0 Å². The maximum atomic E-state index is 13.2. The minimum atomic E-state index is -0.270. The molecule has 0 aliphatic rings. The summed E-state index contributed by atoms with van der Waals surface area (Å²) in [5.41, 5.74) is 8.98. The second-order valence-corrected chi connectivity index (χ2v) is 7.80. The molecular formula is C23H22FN3OS. The van der Waals surface area contributed by atoms with Gasteiger partial charge in [-0.25, -0.2) is 9.07 Å². The molecule has 0 aliphatic carbocycles. The molecule has 1 heterocycles. The number of aromatic nitrogens is 2. The van der Waals surface area contributed by atoms with Crippen LogP contribution in [0.5, 0.6) is 5.75 Å². The number of nitrogens with zero attached hydrogens (tertiary/aromatic N) is 2. The Morgan fingerprint density at radius 3 is 2.41 bits per heavy atom. The highest BCUT2D eigenvalue weighted by Crippen LogP contribution is 2.29. The molecule has 0 amide bonds. The van der Waals surface area contributed by atoms with Crippen LogP contribution in [0.25, 0.3) is 16.6 Å². The predicted molar refractivity (Wildman–Crippen MR) is 116 cm³/mol. The van der Waals surface area contributed by atoms with Gasteiger partial charge in [0.05, 0.1) is 17.4 Å². The summed E-state index contributed by atoms with van der Waals surface area (Å²) in [5.74, 6) is 0.459. The summed E-state index contributed by atoms with van der Waals surface area (Å²) in [5, 5.41) is 5.38. The maximum Gasteiger partial charge on any atom is 0.138 e. The van der Waals surface area contributed by atoms with Gasteiger partial charge in [0.2, 0.25) is 0 Å². The Kier molecular flexibility index (Phi) is 5.56. The highest BCUT2D eigenvalue weighted by Gasteiger charge is 2.19. The van der Waals surface area contributed by atoms with E-state index >= 15 is 0 Å². The smallest absolute Gasteiger partial charge is 0.138 e. The second-order valence-electron chi connectivity index (χ2n) is 6.92. The third kappa shape index (κ3) is 4.13. The first kappa shape index (κ1) is 19.5. The third-order valence-electron chi connectivity index (χ3n) is 4.80. The van der Waals surface area contributed by atoms with Crippen LogP contribution in [-0.4, -0.2) is 22.1 Å². The molecule has 0 aliphatic heterocycles. The van der Waals surface area contributed by atoms with Crippen molar-refractivity contribution in [3.63, 3.8) is 0 Å². The zero-order chi connectivity index (χ0) is 20.4. The number of halogens is 1. The van der Waals surface area contributed by atoms with Crippen LogP contribution in [0.2, 0.25) is 0 Å². The minimum Gasteiger partial charge on any atom is -0.484 e. The van der Waals surface area contributed by atoms with Crippen molar-refractivity contribution in [2.24, 2.45) is 5.73 Å². The summed E-state index contributed by atoms with van der Waals surface area (Å²) < 4.78 is 21.2.